The molecule has 0 aliphatic carbocycles. The van der Waals surface area contributed by atoms with Gasteiger partial charge in [0.15, 0.2) is 0 Å². The van der Waals surface area contributed by atoms with E-state index in [4.69, 9.17) is 4.74 Å². The number of carbonyl (C=O) groups is 1. The fourth-order valence-corrected chi connectivity index (χ4v) is 3.53. The summed E-state index contributed by atoms with van der Waals surface area (Å²) in [4.78, 5) is 12.4. The van der Waals surface area contributed by atoms with Crippen LogP contribution in [0.2, 0.25) is 0 Å². The van der Waals surface area contributed by atoms with Crippen LogP contribution < -0.4 is 10.6 Å². The van der Waals surface area contributed by atoms with Gasteiger partial charge in [-0.1, -0.05) is 91.9 Å². The van der Waals surface area contributed by atoms with Gasteiger partial charge in [-0.3, -0.25) is 0 Å². The molecule has 3 aromatic carbocycles. The Labute approximate surface area is 190 Å². The average Bonchev–Trinajstić information content (AvgIpc) is 2.83. The summed E-state index contributed by atoms with van der Waals surface area (Å²) in [7, 11) is 0. The van der Waals surface area contributed by atoms with Crippen molar-refractivity contribution in [2.75, 3.05) is 6.54 Å². The lowest BCUT2D eigenvalue weighted by molar-refractivity contribution is 0.100. The number of rotatable bonds is 11. The minimum Gasteiger partial charge on any atom is -0.445 e. The number of amides is 1. The highest BCUT2D eigenvalue weighted by Gasteiger charge is 2.22. The molecule has 5 nitrogen and oxygen atoms in total. The number of nitrogens with one attached hydrogen (secondary N) is 2. The van der Waals surface area contributed by atoms with E-state index < -0.39 is 18.2 Å². The largest absolute Gasteiger partial charge is 0.445 e. The topological polar surface area (TPSA) is 70.6 Å². The predicted molar refractivity (Wildman–Crippen MR) is 127 cm³/mol. The Hall–Kier alpha value is -3.15. The standard InChI is InChI=1S/C27H32N2O3/c1-2-21-14-9-15-24(16-21)18-28-19-26(30)25(17-22-10-5-3-6-11-22)29-27(31)32-20-23-12-7-4-8-13-23/h3-16,25-26,28,30H,2,17-20H2,1H3,(H,29,31)/t25-,26+/m0/s1. The highest BCUT2D eigenvalue weighted by molar-refractivity contribution is 5.67. The Bertz CT molecular complexity index is 947. The summed E-state index contributed by atoms with van der Waals surface area (Å²) in [5.41, 5.74) is 4.41. The van der Waals surface area contributed by atoms with Crippen molar-refractivity contribution in [2.24, 2.45) is 0 Å². The van der Waals surface area contributed by atoms with Crippen LogP contribution in [0.5, 0.6) is 0 Å². The number of aryl methyl sites for hydroxylation is 1. The SMILES string of the molecule is CCc1cccc(CNC[C@@H](O)[C@H](Cc2ccccc2)NC(=O)OCc2ccccc2)c1. The van der Waals surface area contributed by atoms with Gasteiger partial charge in [0.25, 0.3) is 0 Å². The predicted octanol–water partition coefficient (Wildman–Crippen LogP) is 4.24. The third-order valence-electron chi connectivity index (χ3n) is 5.36. The van der Waals surface area contributed by atoms with Crippen LogP contribution in [-0.4, -0.2) is 29.9 Å². The van der Waals surface area contributed by atoms with Gasteiger partial charge in [0.05, 0.1) is 12.1 Å². The van der Waals surface area contributed by atoms with E-state index in [0.717, 1.165) is 17.5 Å². The fourth-order valence-electron chi connectivity index (χ4n) is 3.53. The van der Waals surface area contributed by atoms with Gasteiger partial charge in [0.2, 0.25) is 0 Å². The summed E-state index contributed by atoms with van der Waals surface area (Å²) in [6.07, 6.45) is 0.193. The van der Waals surface area contributed by atoms with Gasteiger partial charge in [-0.15, -0.1) is 0 Å². The molecule has 0 radical (unpaired) electrons. The lowest BCUT2D eigenvalue weighted by atomic mass is 10.0. The van der Waals surface area contributed by atoms with Gasteiger partial charge in [0.1, 0.15) is 6.61 Å². The van der Waals surface area contributed by atoms with Crippen LogP contribution in [-0.2, 0) is 30.7 Å². The van der Waals surface area contributed by atoms with Crippen molar-refractivity contribution in [3.63, 3.8) is 0 Å². The highest BCUT2D eigenvalue weighted by atomic mass is 16.5. The van der Waals surface area contributed by atoms with Crippen molar-refractivity contribution in [2.45, 2.75) is 45.1 Å². The maximum Gasteiger partial charge on any atom is 0.407 e. The number of aliphatic hydroxyl groups excluding tert-OH is 1. The third kappa shape index (κ3) is 7.84. The molecule has 168 valence electrons. The van der Waals surface area contributed by atoms with Gasteiger partial charge < -0.3 is 20.5 Å². The smallest absolute Gasteiger partial charge is 0.407 e. The molecule has 2 atom stereocenters. The van der Waals surface area contributed by atoms with Gasteiger partial charge in [0, 0.05) is 13.1 Å². The van der Waals surface area contributed by atoms with Crippen LogP contribution in [0.25, 0.3) is 0 Å². The van der Waals surface area contributed by atoms with Crippen molar-refractivity contribution in [3.8, 4) is 0 Å². The second kappa shape index (κ2) is 12.6. The maximum atomic E-state index is 12.4. The van der Waals surface area contributed by atoms with Crippen molar-refractivity contribution < 1.29 is 14.6 Å². The molecule has 0 bridgehead atoms. The zero-order chi connectivity index (χ0) is 22.6. The van der Waals surface area contributed by atoms with E-state index in [0.29, 0.717) is 19.5 Å². The number of aliphatic hydroxyl groups is 1. The van der Waals surface area contributed by atoms with E-state index in [9.17, 15) is 9.90 Å². The van der Waals surface area contributed by atoms with Gasteiger partial charge in [-0.2, -0.15) is 0 Å². The number of alkyl carbamates (subject to hydrolysis) is 1. The Kier molecular flexibility index (Phi) is 9.29. The first kappa shape index (κ1) is 23.5. The molecule has 0 saturated carbocycles. The van der Waals surface area contributed by atoms with E-state index in [-0.39, 0.29) is 6.61 Å². The normalized spacial score (nSPS) is 12.7. The quantitative estimate of drug-likeness (QED) is 0.424. The molecule has 3 aromatic rings. The Morgan fingerprint density at radius 3 is 2.19 bits per heavy atom. The molecule has 3 N–H and O–H groups in total. The van der Waals surface area contributed by atoms with Gasteiger partial charge in [-0.25, -0.2) is 4.79 Å². The van der Waals surface area contributed by atoms with Crippen molar-refractivity contribution in [1.82, 2.24) is 10.6 Å². The minimum absolute atomic E-state index is 0.187. The summed E-state index contributed by atoms with van der Waals surface area (Å²) in [6, 6.07) is 27.3. The van der Waals surface area contributed by atoms with E-state index in [1.54, 1.807) is 0 Å². The molecule has 0 unspecified atom stereocenters. The molecule has 3 rings (SSSR count). The number of benzene rings is 3. The summed E-state index contributed by atoms with van der Waals surface area (Å²) in [5, 5.41) is 17.0. The van der Waals surface area contributed by atoms with Crippen LogP contribution in [0.15, 0.2) is 84.9 Å². The Morgan fingerprint density at radius 2 is 1.50 bits per heavy atom. The van der Waals surface area contributed by atoms with E-state index in [2.05, 4.69) is 41.8 Å². The molecular weight excluding hydrogens is 400 g/mol. The first-order valence-corrected chi connectivity index (χ1v) is 11.1. The van der Waals surface area contributed by atoms with E-state index >= 15 is 0 Å². The van der Waals surface area contributed by atoms with Crippen molar-refractivity contribution >= 4 is 6.09 Å². The van der Waals surface area contributed by atoms with Crippen molar-refractivity contribution in [3.05, 3.63) is 107 Å². The summed E-state index contributed by atoms with van der Waals surface area (Å²) in [6.45, 7) is 3.33. The van der Waals surface area contributed by atoms with Gasteiger partial charge >= 0.3 is 6.09 Å². The molecule has 0 heterocycles. The monoisotopic (exact) mass is 432 g/mol. The lowest BCUT2D eigenvalue weighted by Gasteiger charge is -2.24. The highest BCUT2D eigenvalue weighted by Crippen LogP contribution is 2.09. The Morgan fingerprint density at radius 1 is 0.875 bits per heavy atom. The molecule has 0 spiro atoms. The van der Waals surface area contributed by atoms with E-state index in [1.807, 2.05) is 60.7 Å². The van der Waals surface area contributed by atoms with Crippen LogP contribution in [0.1, 0.15) is 29.2 Å². The van der Waals surface area contributed by atoms with Crippen LogP contribution >= 0.6 is 0 Å². The average molecular weight is 433 g/mol. The van der Waals surface area contributed by atoms with Gasteiger partial charge in [-0.05, 0) is 35.1 Å². The van der Waals surface area contributed by atoms with Crippen LogP contribution in [0.3, 0.4) is 0 Å². The summed E-state index contributed by atoms with van der Waals surface area (Å²) in [5.74, 6) is 0. The zero-order valence-electron chi connectivity index (χ0n) is 18.5. The van der Waals surface area contributed by atoms with Crippen LogP contribution in [0.4, 0.5) is 4.79 Å². The molecule has 5 heteroatoms. The molecule has 0 fully saturated rings. The number of carbonyl (C=O) groups excluding carboxylic acids is 1. The number of hydrogen-bond donors (Lipinski definition) is 3. The molecule has 1 amide bonds. The summed E-state index contributed by atoms with van der Waals surface area (Å²) < 4.78 is 5.36. The third-order valence-corrected chi connectivity index (χ3v) is 5.36. The zero-order valence-corrected chi connectivity index (χ0v) is 18.5. The first-order chi connectivity index (χ1) is 15.6. The molecule has 0 aliphatic heterocycles. The number of hydrogen-bond acceptors (Lipinski definition) is 4. The van der Waals surface area contributed by atoms with Crippen molar-refractivity contribution in [1.29, 1.82) is 0 Å². The molecule has 32 heavy (non-hydrogen) atoms. The van der Waals surface area contributed by atoms with E-state index in [1.165, 1.54) is 11.1 Å². The number of ether oxygens (including phenoxy) is 1. The Balaban J connectivity index is 1.56. The second-order valence-corrected chi connectivity index (χ2v) is 7.87. The fraction of sp³-hybridized carbons (Fsp3) is 0.296. The second-order valence-electron chi connectivity index (χ2n) is 7.87. The summed E-state index contributed by atoms with van der Waals surface area (Å²) >= 11 is 0. The molecule has 0 saturated heterocycles. The van der Waals surface area contributed by atoms with Crippen LogP contribution in [0, 0.1) is 0 Å². The molecular formula is C27H32N2O3. The molecule has 0 aromatic heterocycles. The minimum atomic E-state index is -0.770. The first-order valence-electron chi connectivity index (χ1n) is 11.1. The maximum absolute atomic E-state index is 12.4. The lowest BCUT2D eigenvalue weighted by Crippen LogP contribution is -2.48. The molecule has 0 aliphatic rings.